The van der Waals surface area contributed by atoms with Crippen LogP contribution < -0.4 is 34.3 Å². The molecule has 1 heterocycles. The number of hydrogen-bond acceptors (Lipinski definition) is 8. The van der Waals surface area contributed by atoms with E-state index in [-0.39, 0.29) is 11.8 Å². The Kier molecular flexibility index (Phi) is 8.08. The second kappa shape index (κ2) is 11.4. The van der Waals surface area contributed by atoms with Crippen molar-refractivity contribution < 1.29 is 33.3 Å². The van der Waals surface area contributed by atoms with Crippen LogP contribution in [0.25, 0.3) is 0 Å². The van der Waals surface area contributed by atoms with Crippen molar-refractivity contribution in [2.45, 2.75) is 25.7 Å². The number of rotatable bonds is 9. The lowest BCUT2D eigenvalue weighted by molar-refractivity contribution is 0.102. The molecule has 3 aromatic rings. The lowest BCUT2D eigenvalue weighted by Crippen LogP contribution is -2.19. The van der Waals surface area contributed by atoms with Crippen LogP contribution in [0.15, 0.2) is 30.3 Å². The van der Waals surface area contributed by atoms with Gasteiger partial charge in [0.05, 0.1) is 41.1 Å². The minimum Gasteiger partial charge on any atom is -0.497 e. The second-order valence-corrected chi connectivity index (χ2v) is 9.44. The molecule has 0 fully saturated rings. The van der Waals surface area contributed by atoms with E-state index in [2.05, 4.69) is 10.6 Å². The van der Waals surface area contributed by atoms with Gasteiger partial charge in [-0.1, -0.05) is 0 Å². The summed E-state index contributed by atoms with van der Waals surface area (Å²) in [5.74, 6) is 1.57. The predicted octanol–water partition coefficient (Wildman–Crippen LogP) is 5.17. The van der Waals surface area contributed by atoms with Crippen LogP contribution in [0.3, 0.4) is 0 Å². The van der Waals surface area contributed by atoms with Gasteiger partial charge in [-0.3, -0.25) is 9.59 Å². The Morgan fingerprint density at radius 2 is 1.35 bits per heavy atom. The highest BCUT2D eigenvalue weighted by molar-refractivity contribution is 7.17. The molecule has 0 unspecified atom stereocenters. The van der Waals surface area contributed by atoms with Crippen molar-refractivity contribution in [3.8, 4) is 28.7 Å². The number of ether oxygens (including phenoxy) is 5. The average Bonchev–Trinajstić information content (AvgIpc) is 3.29. The molecule has 0 saturated heterocycles. The molecule has 0 atom stereocenters. The quantitative estimate of drug-likeness (QED) is 0.396. The predicted molar refractivity (Wildman–Crippen MR) is 143 cm³/mol. The topological polar surface area (TPSA) is 104 Å². The van der Waals surface area contributed by atoms with Crippen molar-refractivity contribution in [2.75, 3.05) is 46.2 Å². The van der Waals surface area contributed by atoms with E-state index in [1.165, 1.54) is 46.9 Å². The van der Waals surface area contributed by atoms with Crippen molar-refractivity contribution in [3.05, 3.63) is 51.9 Å². The first-order valence-corrected chi connectivity index (χ1v) is 12.5. The third-order valence-electron chi connectivity index (χ3n) is 6.16. The van der Waals surface area contributed by atoms with Crippen molar-refractivity contribution in [1.82, 2.24) is 0 Å². The molecular formula is C27H30N2O7S. The zero-order valence-corrected chi connectivity index (χ0v) is 22.3. The molecule has 2 amide bonds. The Morgan fingerprint density at radius 1 is 0.730 bits per heavy atom. The van der Waals surface area contributed by atoms with Gasteiger partial charge in [0.1, 0.15) is 16.5 Å². The molecule has 0 radical (unpaired) electrons. The fourth-order valence-electron chi connectivity index (χ4n) is 4.35. The van der Waals surface area contributed by atoms with Gasteiger partial charge < -0.3 is 34.3 Å². The molecule has 196 valence electrons. The van der Waals surface area contributed by atoms with E-state index in [4.69, 9.17) is 23.7 Å². The number of fused-ring (bicyclic) bond motifs is 1. The van der Waals surface area contributed by atoms with E-state index in [0.717, 1.165) is 36.1 Å². The molecule has 2 aromatic carbocycles. The maximum Gasteiger partial charge on any atom is 0.258 e. The number of nitrogens with one attached hydrogen (secondary N) is 2. The molecule has 2 N–H and O–H groups in total. The molecule has 1 aliphatic carbocycles. The highest BCUT2D eigenvalue weighted by Crippen LogP contribution is 2.42. The number of amides is 2. The summed E-state index contributed by atoms with van der Waals surface area (Å²) in [7, 11) is 7.59. The Bertz CT molecular complexity index is 1270. The molecule has 9 nitrogen and oxygen atoms in total. The molecule has 10 heteroatoms. The third kappa shape index (κ3) is 5.43. The third-order valence-corrected chi connectivity index (χ3v) is 7.37. The van der Waals surface area contributed by atoms with Crippen LogP contribution in [0.5, 0.6) is 28.7 Å². The fraction of sp³-hybridized carbons (Fsp3) is 0.333. The van der Waals surface area contributed by atoms with Crippen molar-refractivity contribution in [2.24, 2.45) is 0 Å². The van der Waals surface area contributed by atoms with Gasteiger partial charge in [-0.25, -0.2) is 0 Å². The lowest BCUT2D eigenvalue weighted by atomic mass is 9.95. The van der Waals surface area contributed by atoms with Gasteiger partial charge in [0.2, 0.25) is 5.75 Å². The molecule has 1 aromatic heterocycles. The van der Waals surface area contributed by atoms with Gasteiger partial charge in [0.15, 0.2) is 11.5 Å². The van der Waals surface area contributed by atoms with E-state index < -0.39 is 0 Å². The van der Waals surface area contributed by atoms with E-state index >= 15 is 0 Å². The Morgan fingerprint density at radius 3 is 1.92 bits per heavy atom. The first-order chi connectivity index (χ1) is 17.9. The Balaban J connectivity index is 1.68. The normalized spacial score (nSPS) is 12.2. The number of carbonyl (C=O) groups excluding carboxylic acids is 2. The molecule has 0 saturated carbocycles. The number of methoxy groups -OCH3 is 5. The van der Waals surface area contributed by atoms with Crippen LogP contribution in [0.4, 0.5) is 10.7 Å². The van der Waals surface area contributed by atoms with Gasteiger partial charge in [-0.15, -0.1) is 11.3 Å². The minimum atomic E-state index is -0.363. The van der Waals surface area contributed by atoms with Crippen molar-refractivity contribution in [3.63, 3.8) is 0 Å². The Hall–Kier alpha value is -3.92. The van der Waals surface area contributed by atoms with Crippen LogP contribution in [-0.4, -0.2) is 47.4 Å². The van der Waals surface area contributed by atoms with Gasteiger partial charge in [-0.2, -0.15) is 0 Å². The molecule has 0 aliphatic heterocycles. The molecule has 4 rings (SSSR count). The highest BCUT2D eigenvalue weighted by Gasteiger charge is 2.27. The lowest BCUT2D eigenvalue weighted by Gasteiger charge is -2.16. The first-order valence-electron chi connectivity index (χ1n) is 11.7. The van der Waals surface area contributed by atoms with Crippen LogP contribution in [0.1, 0.15) is 44.0 Å². The number of aryl methyl sites for hydroxylation is 1. The van der Waals surface area contributed by atoms with E-state index in [9.17, 15) is 9.59 Å². The van der Waals surface area contributed by atoms with Crippen LogP contribution >= 0.6 is 11.3 Å². The summed E-state index contributed by atoms with van der Waals surface area (Å²) in [6.07, 6.45) is 3.66. The van der Waals surface area contributed by atoms with Crippen molar-refractivity contribution >= 4 is 33.8 Å². The van der Waals surface area contributed by atoms with Crippen molar-refractivity contribution in [1.29, 1.82) is 0 Å². The SMILES string of the molecule is COc1cc(OC)cc(C(=O)Nc2sc3c(c2C(=O)Nc2cc(OC)c(OC)c(OC)c2)CCCC3)c1. The number of carbonyl (C=O) groups is 2. The summed E-state index contributed by atoms with van der Waals surface area (Å²) >= 11 is 1.44. The zero-order valence-electron chi connectivity index (χ0n) is 21.5. The summed E-state index contributed by atoms with van der Waals surface area (Å²) in [4.78, 5) is 28.0. The number of benzene rings is 2. The average molecular weight is 527 g/mol. The zero-order chi connectivity index (χ0) is 26.5. The molecule has 37 heavy (non-hydrogen) atoms. The summed E-state index contributed by atoms with van der Waals surface area (Å²) < 4.78 is 26.8. The fourth-order valence-corrected chi connectivity index (χ4v) is 5.64. The Labute approximate surface area is 219 Å². The maximum absolute atomic E-state index is 13.6. The van der Waals surface area contributed by atoms with E-state index in [0.29, 0.717) is 50.6 Å². The van der Waals surface area contributed by atoms with Crippen LogP contribution in [0, 0.1) is 0 Å². The number of thiophene rings is 1. The number of hydrogen-bond donors (Lipinski definition) is 2. The summed E-state index contributed by atoms with van der Waals surface area (Å²) in [5.41, 5.74) is 2.28. The smallest absolute Gasteiger partial charge is 0.258 e. The first kappa shape index (κ1) is 26.2. The van der Waals surface area contributed by atoms with E-state index in [1.54, 1.807) is 30.3 Å². The molecule has 0 spiro atoms. The maximum atomic E-state index is 13.6. The van der Waals surface area contributed by atoms with Gasteiger partial charge >= 0.3 is 0 Å². The van der Waals surface area contributed by atoms with E-state index in [1.807, 2.05) is 0 Å². The van der Waals surface area contributed by atoms with Gasteiger partial charge in [0, 0.05) is 34.3 Å². The monoisotopic (exact) mass is 526 g/mol. The highest BCUT2D eigenvalue weighted by atomic mass is 32.1. The van der Waals surface area contributed by atoms with Crippen LogP contribution in [0.2, 0.25) is 0 Å². The standard InChI is InChI=1S/C27H30N2O7S/c1-32-17-10-15(11-18(14-17)33-2)25(30)29-27-23(19-8-6-7-9-22(19)37-27)26(31)28-16-12-20(34-3)24(36-5)21(13-16)35-4/h10-14H,6-9H2,1-5H3,(H,28,31)(H,29,30). The molecule has 1 aliphatic rings. The molecule has 0 bridgehead atoms. The number of anilines is 2. The molecular weight excluding hydrogens is 496 g/mol. The van der Waals surface area contributed by atoms with Crippen LogP contribution in [-0.2, 0) is 12.8 Å². The van der Waals surface area contributed by atoms with Gasteiger partial charge in [0.25, 0.3) is 11.8 Å². The van der Waals surface area contributed by atoms with Gasteiger partial charge in [-0.05, 0) is 43.4 Å². The largest absolute Gasteiger partial charge is 0.497 e. The summed E-state index contributed by atoms with van der Waals surface area (Å²) in [5, 5.41) is 6.40. The summed E-state index contributed by atoms with van der Waals surface area (Å²) in [6, 6.07) is 8.27. The summed E-state index contributed by atoms with van der Waals surface area (Å²) in [6.45, 7) is 0. The minimum absolute atomic E-state index is 0.327. The second-order valence-electron chi connectivity index (χ2n) is 8.34.